The molecule has 0 radical (unpaired) electrons. The van der Waals surface area contributed by atoms with Crippen molar-refractivity contribution in [3.05, 3.63) is 112 Å². The van der Waals surface area contributed by atoms with E-state index in [1.54, 1.807) is 53.2 Å². The number of hydrogen-bond donors (Lipinski definition) is 2. The average molecular weight is 847 g/mol. The van der Waals surface area contributed by atoms with Gasteiger partial charge in [-0.25, -0.2) is 18.9 Å². The quantitative estimate of drug-likeness (QED) is 0.123. The van der Waals surface area contributed by atoms with Gasteiger partial charge in [-0.3, -0.25) is 14.5 Å². The summed E-state index contributed by atoms with van der Waals surface area (Å²) in [6.45, 7) is 15.5. The molecule has 0 aliphatic carbocycles. The van der Waals surface area contributed by atoms with Gasteiger partial charge in [0.1, 0.15) is 11.4 Å². The van der Waals surface area contributed by atoms with Crippen LogP contribution in [0.4, 0.5) is 14.9 Å². The second-order valence-electron chi connectivity index (χ2n) is 17.2. The van der Waals surface area contributed by atoms with Crippen LogP contribution in [0.25, 0.3) is 22.2 Å². The van der Waals surface area contributed by atoms with E-state index in [0.29, 0.717) is 75.6 Å². The van der Waals surface area contributed by atoms with Gasteiger partial charge in [0.05, 0.1) is 17.3 Å². The van der Waals surface area contributed by atoms with E-state index in [9.17, 15) is 14.4 Å². The molecule has 13 nitrogen and oxygen atoms in total. The number of rotatable bonds is 13. The third-order valence-electron chi connectivity index (χ3n) is 11.4. The molecule has 2 saturated heterocycles. The van der Waals surface area contributed by atoms with Crippen molar-refractivity contribution < 1.29 is 28.2 Å². The van der Waals surface area contributed by atoms with Crippen LogP contribution < -0.4 is 10.6 Å². The van der Waals surface area contributed by atoms with E-state index in [4.69, 9.17) is 14.5 Å². The van der Waals surface area contributed by atoms with Crippen LogP contribution in [0.15, 0.2) is 72.9 Å². The first kappa shape index (κ1) is 44.2. The van der Waals surface area contributed by atoms with E-state index < -0.39 is 5.60 Å². The van der Waals surface area contributed by atoms with E-state index in [2.05, 4.69) is 27.6 Å². The second-order valence-corrected chi connectivity index (χ2v) is 17.2. The molecular weight excluding hydrogens is 788 g/mol. The smallest absolute Gasteiger partial charge is 0.410 e. The molecule has 2 aliphatic rings. The number of amides is 3. The van der Waals surface area contributed by atoms with E-state index in [0.717, 1.165) is 57.5 Å². The molecule has 2 N–H and O–H groups in total. The molecule has 7 rings (SSSR count). The van der Waals surface area contributed by atoms with E-state index in [1.807, 2.05) is 62.8 Å². The van der Waals surface area contributed by atoms with Crippen molar-refractivity contribution in [2.45, 2.75) is 91.7 Å². The Kier molecular flexibility index (Phi) is 13.9. The average Bonchev–Trinajstić information content (AvgIpc) is 3.69. The molecule has 14 heteroatoms. The summed E-state index contributed by atoms with van der Waals surface area (Å²) in [5.41, 5.74) is 6.74. The van der Waals surface area contributed by atoms with Gasteiger partial charge in [0.15, 0.2) is 5.65 Å². The number of hydrogen-bond acceptors (Lipinski definition) is 9. The highest BCUT2D eigenvalue weighted by Crippen LogP contribution is 2.32. The highest BCUT2D eigenvalue weighted by molar-refractivity contribution is 6.00. The summed E-state index contributed by atoms with van der Waals surface area (Å²) in [7, 11) is 1.70. The zero-order valence-corrected chi connectivity index (χ0v) is 36.8. The molecular formula is C48H59FN8O5. The molecule has 3 aromatic carbocycles. The first-order chi connectivity index (χ1) is 29.8. The van der Waals surface area contributed by atoms with Crippen molar-refractivity contribution in [3.63, 3.8) is 0 Å². The highest BCUT2D eigenvalue weighted by Gasteiger charge is 2.27. The molecule has 2 aromatic heterocycles. The van der Waals surface area contributed by atoms with Crippen molar-refractivity contribution in [3.8, 4) is 11.1 Å². The number of ether oxygens (including phenoxy) is 2. The fourth-order valence-electron chi connectivity index (χ4n) is 8.13. The molecule has 0 bridgehead atoms. The lowest BCUT2D eigenvalue weighted by atomic mass is 9.99. The number of pyridine rings is 1. The molecule has 3 amide bonds. The van der Waals surface area contributed by atoms with Gasteiger partial charge in [-0.1, -0.05) is 37.3 Å². The van der Waals surface area contributed by atoms with Crippen LogP contribution in [0.5, 0.6) is 0 Å². The van der Waals surface area contributed by atoms with Gasteiger partial charge in [0.2, 0.25) is 0 Å². The molecule has 2 fully saturated rings. The number of aromatic nitrogens is 3. The van der Waals surface area contributed by atoms with Crippen molar-refractivity contribution in [2.75, 3.05) is 51.8 Å². The molecule has 328 valence electrons. The number of nitrogens with one attached hydrogen (secondary N) is 2. The van der Waals surface area contributed by atoms with Crippen molar-refractivity contribution in [1.82, 2.24) is 34.8 Å². The largest absolute Gasteiger partial charge is 0.444 e. The molecule has 62 heavy (non-hydrogen) atoms. The van der Waals surface area contributed by atoms with Crippen LogP contribution >= 0.6 is 0 Å². The minimum Gasteiger partial charge on any atom is -0.444 e. The van der Waals surface area contributed by atoms with E-state index in [1.165, 1.54) is 6.07 Å². The predicted molar refractivity (Wildman–Crippen MR) is 238 cm³/mol. The number of piperazine rings is 1. The summed E-state index contributed by atoms with van der Waals surface area (Å²) >= 11 is 0. The van der Waals surface area contributed by atoms with Gasteiger partial charge in [0, 0.05) is 107 Å². The Hall–Kier alpha value is -5.86. The maximum absolute atomic E-state index is 15.4. The van der Waals surface area contributed by atoms with Gasteiger partial charge >= 0.3 is 6.09 Å². The van der Waals surface area contributed by atoms with Crippen molar-refractivity contribution in [2.24, 2.45) is 0 Å². The highest BCUT2D eigenvalue weighted by atomic mass is 19.1. The molecule has 0 unspecified atom stereocenters. The lowest BCUT2D eigenvalue weighted by Gasteiger charge is -2.35. The van der Waals surface area contributed by atoms with Crippen LogP contribution in [0.2, 0.25) is 0 Å². The first-order valence-corrected chi connectivity index (χ1v) is 21.7. The lowest BCUT2D eigenvalue weighted by Crippen LogP contribution is -2.49. The predicted octanol–water partition coefficient (Wildman–Crippen LogP) is 7.67. The maximum Gasteiger partial charge on any atom is 0.410 e. The van der Waals surface area contributed by atoms with Crippen LogP contribution in [0.3, 0.4) is 0 Å². The van der Waals surface area contributed by atoms with Crippen LogP contribution in [0, 0.1) is 5.82 Å². The molecule has 0 atom stereocenters. The fourth-order valence-corrected chi connectivity index (χ4v) is 8.13. The number of nitrogens with zero attached hydrogens (tertiary/aromatic N) is 6. The SMILES string of the molecule is CCc1nc2c(cnn2CC)c(NC2CCOCC2)c1CNC(=O)c1cccc(C(=O)N(C)Cc2ccc(F)c(-c3cccc(CN4CCN(C(=O)OC(C)(C)C)CC4)c3)c2)c1. The lowest BCUT2D eigenvalue weighted by molar-refractivity contribution is 0.0139. The van der Waals surface area contributed by atoms with Crippen LogP contribution in [-0.2, 0) is 42.1 Å². The van der Waals surface area contributed by atoms with Gasteiger partial charge in [-0.05, 0) is 100 Å². The molecule has 2 aliphatic heterocycles. The van der Waals surface area contributed by atoms with Gasteiger partial charge < -0.3 is 29.9 Å². The number of halogens is 1. The zero-order chi connectivity index (χ0) is 44.0. The number of aryl methyl sites for hydroxylation is 2. The molecule has 5 aromatic rings. The summed E-state index contributed by atoms with van der Waals surface area (Å²) in [5, 5.41) is 12.4. The number of anilines is 1. The monoisotopic (exact) mass is 846 g/mol. The Morgan fingerprint density at radius 3 is 2.40 bits per heavy atom. The van der Waals surface area contributed by atoms with Gasteiger partial charge in [-0.15, -0.1) is 0 Å². The van der Waals surface area contributed by atoms with Crippen molar-refractivity contribution in [1.29, 1.82) is 0 Å². The van der Waals surface area contributed by atoms with E-state index >= 15 is 4.39 Å². The molecule has 4 heterocycles. The minimum absolute atomic E-state index is 0.225. The summed E-state index contributed by atoms with van der Waals surface area (Å²) in [6, 6.07) is 19.7. The number of fused-ring (bicyclic) bond motifs is 1. The van der Waals surface area contributed by atoms with E-state index in [-0.39, 0.29) is 42.9 Å². The third-order valence-corrected chi connectivity index (χ3v) is 11.4. The summed E-state index contributed by atoms with van der Waals surface area (Å²) in [4.78, 5) is 50.6. The maximum atomic E-state index is 15.4. The Morgan fingerprint density at radius 2 is 1.68 bits per heavy atom. The summed E-state index contributed by atoms with van der Waals surface area (Å²) in [5.74, 6) is -0.925. The Labute approximate surface area is 363 Å². The first-order valence-electron chi connectivity index (χ1n) is 21.7. The normalized spacial score (nSPS) is 15.1. The number of carbonyl (C=O) groups excluding carboxylic acids is 3. The Bertz CT molecular complexity index is 2400. The van der Waals surface area contributed by atoms with Gasteiger partial charge in [0.25, 0.3) is 11.8 Å². The zero-order valence-electron chi connectivity index (χ0n) is 36.8. The Balaban J connectivity index is 0.996. The summed E-state index contributed by atoms with van der Waals surface area (Å²) in [6.07, 6.45) is 3.98. The van der Waals surface area contributed by atoms with Gasteiger partial charge in [-0.2, -0.15) is 5.10 Å². The van der Waals surface area contributed by atoms with Crippen LogP contribution in [-0.4, -0.2) is 105 Å². The standard InChI is InChI=1S/C48H59FN8O5/c1-7-42-39(43(52-37-17-23-61-24-18-37)40-29-51-57(8-2)44(40)53-42)28-50-45(58)35-13-10-14-36(27-35)46(59)54(6)30-33-15-16-41(49)38(26-33)34-12-9-11-32(25-34)31-55-19-21-56(22-20-55)47(60)62-48(3,4)5/h9-16,25-27,29,37H,7-8,17-24,28,30-31H2,1-6H3,(H,50,58)(H,52,53). The topological polar surface area (TPSA) is 134 Å². The minimum atomic E-state index is -0.539. The molecule has 0 spiro atoms. The Morgan fingerprint density at radius 1 is 0.935 bits per heavy atom. The fraction of sp³-hybridized carbons (Fsp3) is 0.438. The molecule has 0 saturated carbocycles. The summed E-state index contributed by atoms with van der Waals surface area (Å²) < 4.78 is 28.4. The second kappa shape index (κ2) is 19.5. The van der Waals surface area contributed by atoms with Crippen LogP contribution in [0.1, 0.15) is 90.6 Å². The number of benzene rings is 3. The van der Waals surface area contributed by atoms with Crippen molar-refractivity contribution >= 4 is 34.6 Å². The number of carbonyl (C=O) groups is 3. The third kappa shape index (κ3) is 10.6.